The van der Waals surface area contributed by atoms with Crippen LogP contribution in [-0.2, 0) is 4.79 Å². The summed E-state index contributed by atoms with van der Waals surface area (Å²) in [5.74, 6) is 0.0613. The second-order valence-corrected chi connectivity index (χ2v) is 7.65. The third kappa shape index (κ3) is 3.42. The Hall–Kier alpha value is -3.97. The number of hydrogen-bond acceptors (Lipinski definition) is 5. The normalized spacial score (nSPS) is 12.8. The Labute approximate surface area is 188 Å². The van der Waals surface area contributed by atoms with Crippen LogP contribution in [0.15, 0.2) is 65.8 Å². The van der Waals surface area contributed by atoms with Gasteiger partial charge in [-0.1, -0.05) is 35.9 Å². The van der Waals surface area contributed by atoms with E-state index in [2.05, 4.69) is 15.5 Å². The molecule has 0 radical (unpaired) electrons. The number of methoxy groups -OCH3 is 1. The van der Waals surface area contributed by atoms with Crippen LogP contribution in [0.2, 0.25) is 5.15 Å². The molecule has 1 N–H and O–H groups in total. The van der Waals surface area contributed by atoms with Crippen molar-refractivity contribution in [2.45, 2.75) is 0 Å². The number of fused-ring (bicyclic) bond motifs is 1. The van der Waals surface area contributed by atoms with Gasteiger partial charge < -0.3 is 4.74 Å². The summed E-state index contributed by atoms with van der Waals surface area (Å²) >= 11 is 6.26. The molecule has 0 unspecified atom stereocenters. The van der Waals surface area contributed by atoms with E-state index >= 15 is 0 Å². The molecule has 0 spiro atoms. The topological polar surface area (TPSA) is 83.9 Å². The molecule has 2 amide bonds. The zero-order chi connectivity index (χ0) is 22.2. The first kappa shape index (κ1) is 20.0. The van der Waals surface area contributed by atoms with Gasteiger partial charge in [0.2, 0.25) is 0 Å². The lowest BCUT2D eigenvalue weighted by atomic mass is 10.1. The Morgan fingerprint density at radius 3 is 2.78 bits per heavy atom. The van der Waals surface area contributed by atoms with Crippen molar-refractivity contribution in [3.63, 3.8) is 0 Å². The van der Waals surface area contributed by atoms with Gasteiger partial charge in [0, 0.05) is 28.0 Å². The van der Waals surface area contributed by atoms with Crippen LogP contribution in [-0.4, -0.2) is 36.7 Å². The minimum Gasteiger partial charge on any atom is -0.497 e. The summed E-state index contributed by atoms with van der Waals surface area (Å²) in [5.41, 5.74) is 5.03. The van der Waals surface area contributed by atoms with Crippen LogP contribution in [0.3, 0.4) is 0 Å². The number of carbonyl (C=O) groups is 2. The fourth-order valence-corrected chi connectivity index (χ4v) is 4.04. The quantitative estimate of drug-likeness (QED) is 0.284. The van der Waals surface area contributed by atoms with Crippen LogP contribution in [0, 0.1) is 0 Å². The smallest absolute Gasteiger partial charge is 0.260 e. The zero-order valence-electron chi connectivity index (χ0n) is 17.0. The Balaban J connectivity index is 1.31. The van der Waals surface area contributed by atoms with Crippen molar-refractivity contribution in [3.05, 3.63) is 76.9 Å². The third-order valence-electron chi connectivity index (χ3n) is 5.35. The zero-order valence-corrected chi connectivity index (χ0v) is 17.8. The molecule has 158 valence electrons. The van der Waals surface area contributed by atoms with Crippen LogP contribution >= 0.6 is 11.6 Å². The van der Waals surface area contributed by atoms with Crippen molar-refractivity contribution < 1.29 is 14.3 Å². The summed E-state index contributed by atoms with van der Waals surface area (Å²) in [6.07, 6.45) is 1.43. The molecular formula is C24H17ClN4O3. The predicted octanol–water partition coefficient (Wildman–Crippen LogP) is 4.16. The number of amides is 2. The minimum atomic E-state index is -0.422. The van der Waals surface area contributed by atoms with Gasteiger partial charge in [-0.25, -0.2) is 10.4 Å². The summed E-state index contributed by atoms with van der Waals surface area (Å²) in [7, 11) is 1.58. The molecule has 0 saturated heterocycles. The first-order valence-electron chi connectivity index (χ1n) is 9.85. The molecule has 1 aliphatic rings. The van der Waals surface area contributed by atoms with Crippen molar-refractivity contribution >= 4 is 57.0 Å². The molecule has 2 heterocycles. The average molecular weight is 445 g/mol. The fourth-order valence-electron chi connectivity index (χ4n) is 3.85. The van der Waals surface area contributed by atoms with Gasteiger partial charge in [0.05, 0.1) is 24.5 Å². The van der Waals surface area contributed by atoms with Crippen LogP contribution in [0.5, 0.6) is 5.75 Å². The Morgan fingerprint density at radius 2 is 1.97 bits per heavy atom. The Bertz CT molecular complexity index is 1430. The van der Waals surface area contributed by atoms with Crippen LogP contribution in [0.25, 0.3) is 21.7 Å². The second-order valence-electron chi connectivity index (χ2n) is 7.29. The number of halogens is 1. The van der Waals surface area contributed by atoms with Crippen molar-refractivity contribution in [1.82, 2.24) is 10.4 Å². The molecular weight excluding hydrogens is 428 g/mol. The summed E-state index contributed by atoms with van der Waals surface area (Å²) < 4.78 is 5.20. The number of ether oxygens (including phenoxy) is 1. The van der Waals surface area contributed by atoms with Gasteiger partial charge in [-0.15, -0.1) is 0 Å². The van der Waals surface area contributed by atoms with Crippen molar-refractivity contribution in [1.29, 1.82) is 0 Å². The lowest BCUT2D eigenvalue weighted by Crippen LogP contribution is -2.37. The number of anilines is 1. The van der Waals surface area contributed by atoms with Crippen molar-refractivity contribution in [2.75, 3.05) is 18.6 Å². The molecule has 8 heteroatoms. The van der Waals surface area contributed by atoms with Gasteiger partial charge in [-0.05, 0) is 35.7 Å². The highest BCUT2D eigenvalue weighted by Crippen LogP contribution is 2.36. The lowest BCUT2D eigenvalue weighted by molar-refractivity contribution is -0.119. The lowest BCUT2D eigenvalue weighted by Gasteiger charge is -2.16. The van der Waals surface area contributed by atoms with E-state index in [0.717, 1.165) is 21.8 Å². The molecule has 0 fully saturated rings. The molecule has 5 rings (SSSR count). The van der Waals surface area contributed by atoms with Crippen LogP contribution in [0.1, 0.15) is 15.9 Å². The highest BCUT2D eigenvalue weighted by Gasteiger charge is 2.30. The number of pyridine rings is 1. The van der Waals surface area contributed by atoms with E-state index in [-0.39, 0.29) is 17.6 Å². The maximum absolute atomic E-state index is 12.8. The van der Waals surface area contributed by atoms with E-state index in [0.29, 0.717) is 22.4 Å². The number of nitrogens with one attached hydrogen (secondary N) is 1. The van der Waals surface area contributed by atoms with Gasteiger partial charge in [-0.3, -0.25) is 14.5 Å². The first-order chi connectivity index (χ1) is 15.5. The number of nitrogens with zero attached hydrogens (tertiary/aromatic N) is 3. The summed E-state index contributed by atoms with van der Waals surface area (Å²) in [4.78, 5) is 31.1. The van der Waals surface area contributed by atoms with Crippen LogP contribution < -0.4 is 15.1 Å². The van der Waals surface area contributed by atoms with Gasteiger partial charge in [-0.2, -0.15) is 5.10 Å². The summed E-state index contributed by atoms with van der Waals surface area (Å²) in [6.45, 7) is -0.145. The number of hydrogen-bond donors (Lipinski definition) is 1. The number of carbonyl (C=O) groups excluding carboxylic acids is 2. The van der Waals surface area contributed by atoms with Crippen molar-refractivity contribution in [2.24, 2.45) is 5.10 Å². The maximum atomic E-state index is 12.8. The highest BCUT2D eigenvalue weighted by molar-refractivity contribution is 6.32. The van der Waals surface area contributed by atoms with Gasteiger partial charge in [0.1, 0.15) is 17.4 Å². The van der Waals surface area contributed by atoms with E-state index in [1.165, 1.54) is 11.1 Å². The van der Waals surface area contributed by atoms with E-state index in [4.69, 9.17) is 16.3 Å². The molecule has 1 aromatic heterocycles. The fraction of sp³-hybridized carbons (Fsp3) is 0.0833. The maximum Gasteiger partial charge on any atom is 0.260 e. The van der Waals surface area contributed by atoms with E-state index < -0.39 is 5.91 Å². The van der Waals surface area contributed by atoms with Crippen molar-refractivity contribution in [3.8, 4) is 5.75 Å². The molecule has 7 nitrogen and oxygen atoms in total. The van der Waals surface area contributed by atoms with E-state index in [1.54, 1.807) is 19.2 Å². The number of benzene rings is 3. The predicted molar refractivity (Wildman–Crippen MR) is 125 cm³/mol. The molecule has 3 aromatic carbocycles. The molecule has 1 aliphatic heterocycles. The molecule has 0 aliphatic carbocycles. The minimum absolute atomic E-state index is 0.145. The Morgan fingerprint density at radius 1 is 1.16 bits per heavy atom. The van der Waals surface area contributed by atoms with Gasteiger partial charge in [0.15, 0.2) is 0 Å². The molecule has 0 bridgehead atoms. The number of rotatable bonds is 5. The Kier molecular flexibility index (Phi) is 4.95. The monoisotopic (exact) mass is 444 g/mol. The third-order valence-corrected chi connectivity index (χ3v) is 5.65. The number of aromatic nitrogens is 1. The second kappa shape index (κ2) is 7.94. The van der Waals surface area contributed by atoms with E-state index in [1.807, 2.05) is 48.5 Å². The molecule has 32 heavy (non-hydrogen) atoms. The van der Waals surface area contributed by atoms with E-state index in [9.17, 15) is 9.59 Å². The van der Waals surface area contributed by atoms with Gasteiger partial charge >= 0.3 is 0 Å². The largest absolute Gasteiger partial charge is 0.497 e. The molecule has 0 atom stereocenters. The SMILES string of the molecule is COc1ccc2cc(/C=N\NC(=O)CN3C(=O)c4cccc5cccc3c45)c(Cl)nc2c1. The highest BCUT2D eigenvalue weighted by atomic mass is 35.5. The molecule has 0 saturated carbocycles. The molecule has 4 aromatic rings. The van der Waals surface area contributed by atoms with Crippen LogP contribution in [0.4, 0.5) is 5.69 Å². The summed E-state index contributed by atoms with van der Waals surface area (Å²) in [6, 6.07) is 18.5. The standard InChI is InChI=1S/C24H17ClN4O3/c1-32-17-9-8-15-10-16(23(25)27-19(15)11-17)12-26-28-21(30)13-29-20-7-3-5-14-4-2-6-18(22(14)20)24(29)31/h2-12H,13H2,1H3,(H,28,30)/b26-12-. The van der Waals surface area contributed by atoms with Gasteiger partial charge in [0.25, 0.3) is 11.8 Å². The summed E-state index contributed by atoms with van der Waals surface area (Å²) in [5, 5.41) is 6.93. The average Bonchev–Trinajstić information content (AvgIpc) is 3.07. The first-order valence-corrected chi connectivity index (χ1v) is 10.2. The number of hydrazone groups is 1.